The summed E-state index contributed by atoms with van der Waals surface area (Å²) in [5, 5.41) is 0. The molecular formula is C23H28BrNO3. The fourth-order valence-electron chi connectivity index (χ4n) is 3.62. The van der Waals surface area contributed by atoms with E-state index in [1.165, 1.54) is 5.56 Å². The van der Waals surface area contributed by atoms with Gasteiger partial charge in [-0.25, -0.2) is 4.79 Å². The highest BCUT2D eigenvalue weighted by Gasteiger charge is 2.34. The molecule has 0 N–H and O–H groups in total. The van der Waals surface area contributed by atoms with E-state index in [0.717, 1.165) is 47.2 Å². The molecular weight excluding hydrogens is 418 g/mol. The van der Waals surface area contributed by atoms with E-state index in [4.69, 9.17) is 9.47 Å². The Labute approximate surface area is 176 Å². The fourth-order valence-corrected chi connectivity index (χ4v) is 4.18. The van der Waals surface area contributed by atoms with Gasteiger partial charge in [0, 0.05) is 12.1 Å². The molecule has 150 valence electrons. The van der Waals surface area contributed by atoms with E-state index < -0.39 is 5.60 Å². The van der Waals surface area contributed by atoms with Gasteiger partial charge in [0.05, 0.1) is 17.3 Å². The zero-order valence-electron chi connectivity index (χ0n) is 17.0. The van der Waals surface area contributed by atoms with Gasteiger partial charge in [-0.2, -0.15) is 0 Å². The van der Waals surface area contributed by atoms with Crippen LogP contribution in [0.4, 0.5) is 10.5 Å². The summed E-state index contributed by atoms with van der Waals surface area (Å²) < 4.78 is 12.1. The minimum atomic E-state index is -0.544. The van der Waals surface area contributed by atoms with Gasteiger partial charge in [-0.3, -0.25) is 4.90 Å². The Hall–Kier alpha value is -2.01. The highest BCUT2D eigenvalue weighted by molar-refractivity contribution is 9.10. The summed E-state index contributed by atoms with van der Waals surface area (Å²) in [5.74, 6) is 0.719. The molecule has 1 unspecified atom stereocenters. The summed E-state index contributed by atoms with van der Waals surface area (Å²) in [6.07, 6.45) is 3.36. The second-order valence-corrected chi connectivity index (χ2v) is 9.04. The van der Waals surface area contributed by atoms with E-state index >= 15 is 0 Å². The van der Waals surface area contributed by atoms with Gasteiger partial charge in [-0.1, -0.05) is 30.3 Å². The zero-order valence-corrected chi connectivity index (χ0v) is 18.6. The quantitative estimate of drug-likeness (QED) is 0.566. The first-order valence-electron chi connectivity index (χ1n) is 9.71. The van der Waals surface area contributed by atoms with E-state index in [-0.39, 0.29) is 12.1 Å². The summed E-state index contributed by atoms with van der Waals surface area (Å²) in [4.78, 5) is 15.0. The standard InChI is InChI=1S/C23H28BrNO3/c1-23(2,3)28-22(26)25-18(12-10-16-8-6-5-7-9-16)13-11-17-14-19(24)21(27-4)15-20(17)25/h5-9,14-15,18H,10-13H2,1-4H3. The molecule has 0 aromatic heterocycles. The third-order valence-corrected chi connectivity index (χ3v) is 5.54. The molecule has 0 bridgehead atoms. The topological polar surface area (TPSA) is 38.8 Å². The predicted molar refractivity (Wildman–Crippen MR) is 116 cm³/mol. The SMILES string of the molecule is COc1cc2c(cc1Br)CCC(CCc1ccccc1)N2C(=O)OC(C)(C)C. The molecule has 28 heavy (non-hydrogen) atoms. The van der Waals surface area contributed by atoms with Gasteiger partial charge in [0.15, 0.2) is 0 Å². The lowest BCUT2D eigenvalue weighted by molar-refractivity contribution is 0.0558. The Morgan fingerprint density at radius 2 is 1.93 bits per heavy atom. The van der Waals surface area contributed by atoms with E-state index in [1.807, 2.05) is 37.8 Å². The van der Waals surface area contributed by atoms with E-state index in [0.29, 0.717) is 0 Å². The molecule has 1 aliphatic rings. The lowest BCUT2D eigenvalue weighted by Crippen LogP contribution is -2.46. The average Bonchev–Trinajstić information content (AvgIpc) is 2.64. The minimum absolute atomic E-state index is 0.0911. The Kier molecular flexibility index (Phi) is 6.33. The number of aryl methyl sites for hydroxylation is 2. The van der Waals surface area contributed by atoms with Gasteiger partial charge in [0.1, 0.15) is 11.4 Å². The molecule has 4 nitrogen and oxygen atoms in total. The van der Waals surface area contributed by atoms with Crippen molar-refractivity contribution in [3.05, 3.63) is 58.1 Å². The molecule has 1 amide bonds. The monoisotopic (exact) mass is 445 g/mol. The molecule has 1 atom stereocenters. The van der Waals surface area contributed by atoms with E-state index in [2.05, 4.69) is 46.3 Å². The van der Waals surface area contributed by atoms with Crippen LogP contribution in [0.15, 0.2) is 46.9 Å². The maximum absolute atomic E-state index is 13.1. The number of fused-ring (bicyclic) bond motifs is 1. The van der Waals surface area contributed by atoms with Crippen molar-refractivity contribution in [1.29, 1.82) is 0 Å². The van der Waals surface area contributed by atoms with Crippen molar-refractivity contribution in [3.8, 4) is 5.75 Å². The number of benzene rings is 2. The Balaban J connectivity index is 1.91. The molecule has 0 radical (unpaired) electrons. The van der Waals surface area contributed by atoms with Gasteiger partial charge in [0.2, 0.25) is 0 Å². The normalized spacial score (nSPS) is 16.5. The number of hydrogen-bond donors (Lipinski definition) is 0. The van der Waals surface area contributed by atoms with Crippen molar-refractivity contribution in [1.82, 2.24) is 0 Å². The van der Waals surface area contributed by atoms with Crippen molar-refractivity contribution in [3.63, 3.8) is 0 Å². The van der Waals surface area contributed by atoms with Crippen molar-refractivity contribution in [2.75, 3.05) is 12.0 Å². The molecule has 2 aromatic carbocycles. The number of nitrogens with zero attached hydrogens (tertiary/aromatic N) is 1. The number of amides is 1. The van der Waals surface area contributed by atoms with Gasteiger partial charge in [-0.15, -0.1) is 0 Å². The lowest BCUT2D eigenvalue weighted by atomic mass is 9.92. The molecule has 0 fully saturated rings. The number of ether oxygens (including phenoxy) is 2. The van der Waals surface area contributed by atoms with Crippen LogP contribution in [0.25, 0.3) is 0 Å². The fraction of sp³-hybridized carbons (Fsp3) is 0.435. The Morgan fingerprint density at radius 1 is 1.21 bits per heavy atom. The van der Waals surface area contributed by atoms with Gasteiger partial charge >= 0.3 is 6.09 Å². The minimum Gasteiger partial charge on any atom is -0.495 e. The van der Waals surface area contributed by atoms with Gasteiger partial charge in [-0.05, 0) is 79.6 Å². The van der Waals surface area contributed by atoms with Crippen LogP contribution in [0.2, 0.25) is 0 Å². The first kappa shape index (κ1) is 20.7. The van der Waals surface area contributed by atoms with Gasteiger partial charge < -0.3 is 9.47 Å². The van der Waals surface area contributed by atoms with Crippen LogP contribution in [0.1, 0.15) is 44.7 Å². The second kappa shape index (κ2) is 8.56. The van der Waals surface area contributed by atoms with Crippen LogP contribution in [-0.4, -0.2) is 24.8 Å². The summed E-state index contributed by atoms with van der Waals surface area (Å²) in [6, 6.07) is 14.5. The Bertz CT molecular complexity index is 830. The highest BCUT2D eigenvalue weighted by Crippen LogP contribution is 2.40. The highest BCUT2D eigenvalue weighted by atomic mass is 79.9. The molecule has 1 aliphatic heterocycles. The first-order chi connectivity index (χ1) is 13.3. The summed E-state index contributed by atoms with van der Waals surface area (Å²) in [7, 11) is 1.64. The summed E-state index contributed by atoms with van der Waals surface area (Å²) in [6.45, 7) is 5.70. The molecule has 0 saturated carbocycles. The number of halogens is 1. The van der Waals surface area contributed by atoms with Crippen molar-refractivity contribution in [2.45, 2.75) is 58.1 Å². The third kappa shape index (κ3) is 4.88. The molecule has 0 aliphatic carbocycles. The maximum atomic E-state index is 13.1. The van der Waals surface area contributed by atoms with Gasteiger partial charge in [0.25, 0.3) is 0 Å². The van der Waals surface area contributed by atoms with Crippen molar-refractivity contribution < 1.29 is 14.3 Å². The van der Waals surface area contributed by atoms with Crippen LogP contribution in [0, 0.1) is 0 Å². The number of carbonyl (C=O) groups is 1. The van der Waals surface area contributed by atoms with Crippen LogP contribution in [-0.2, 0) is 17.6 Å². The van der Waals surface area contributed by atoms with E-state index in [9.17, 15) is 4.79 Å². The molecule has 2 aromatic rings. The largest absolute Gasteiger partial charge is 0.495 e. The lowest BCUT2D eigenvalue weighted by Gasteiger charge is -2.38. The maximum Gasteiger partial charge on any atom is 0.415 e. The second-order valence-electron chi connectivity index (χ2n) is 8.18. The van der Waals surface area contributed by atoms with Crippen LogP contribution in [0.5, 0.6) is 5.75 Å². The van der Waals surface area contributed by atoms with Crippen molar-refractivity contribution >= 4 is 27.7 Å². The van der Waals surface area contributed by atoms with E-state index in [1.54, 1.807) is 7.11 Å². The smallest absolute Gasteiger partial charge is 0.415 e. The zero-order chi connectivity index (χ0) is 20.3. The molecule has 0 saturated heterocycles. The Morgan fingerprint density at radius 3 is 2.57 bits per heavy atom. The molecule has 3 rings (SSSR count). The number of rotatable bonds is 4. The summed E-state index contributed by atoms with van der Waals surface area (Å²) >= 11 is 3.56. The number of methoxy groups -OCH3 is 1. The molecule has 1 heterocycles. The van der Waals surface area contributed by atoms with Crippen molar-refractivity contribution in [2.24, 2.45) is 0 Å². The summed E-state index contributed by atoms with van der Waals surface area (Å²) in [5.41, 5.74) is 2.76. The number of hydrogen-bond acceptors (Lipinski definition) is 3. The number of anilines is 1. The van der Waals surface area contributed by atoms with Crippen LogP contribution in [0.3, 0.4) is 0 Å². The number of carbonyl (C=O) groups excluding carboxylic acids is 1. The molecule has 0 spiro atoms. The molecule has 5 heteroatoms. The third-order valence-electron chi connectivity index (χ3n) is 4.92. The van der Waals surface area contributed by atoms with Crippen LogP contribution >= 0.6 is 15.9 Å². The first-order valence-corrected chi connectivity index (χ1v) is 10.5. The predicted octanol–water partition coefficient (Wildman–Crippen LogP) is 6.15. The average molecular weight is 446 g/mol. The van der Waals surface area contributed by atoms with Crippen LogP contribution < -0.4 is 9.64 Å².